The minimum Gasteiger partial charge on any atom is -0.390 e. The van der Waals surface area contributed by atoms with Crippen LogP contribution in [0.5, 0.6) is 0 Å². The van der Waals surface area contributed by atoms with Gasteiger partial charge in [-0.05, 0) is 74.3 Å². The maximum Gasteiger partial charge on any atom is 0.0670 e. The zero-order valence-electron chi connectivity index (χ0n) is 12.8. The molecule has 0 aliphatic heterocycles. The highest BCUT2D eigenvalue weighted by Gasteiger charge is 2.56. The summed E-state index contributed by atoms with van der Waals surface area (Å²) in [6, 6.07) is 8.87. The highest BCUT2D eigenvalue weighted by Crippen LogP contribution is 2.57. The second-order valence-corrected chi connectivity index (χ2v) is 8.55. The van der Waals surface area contributed by atoms with E-state index in [1.165, 1.54) is 29.7 Å². The summed E-state index contributed by atoms with van der Waals surface area (Å²) >= 11 is 1.79. The van der Waals surface area contributed by atoms with Crippen LogP contribution in [-0.4, -0.2) is 22.5 Å². The van der Waals surface area contributed by atoms with Crippen molar-refractivity contribution in [3.8, 4) is 0 Å². The van der Waals surface area contributed by atoms with E-state index in [1.54, 1.807) is 11.8 Å². The molecule has 4 fully saturated rings. The van der Waals surface area contributed by atoms with Crippen molar-refractivity contribution in [3.63, 3.8) is 0 Å². The third kappa shape index (κ3) is 2.64. The molecule has 5 rings (SSSR count). The number of aliphatic hydroxyl groups is 1. The number of thioether (sulfide) groups is 1. The first-order valence-corrected chi connectivity index (χ1v) is 9.41. The van der Waals surface area contributed by atoms with Gasteiger partial charge in [-0.15, -0.1) is 11.8 Å². The van der Waals surface area contributed by atoms with E-state index >= 15 is 0 Å². The SMILES string of the molecule is CSc1ccc(CNC23C[C@@H]4C[C@H](CC(O)(C4)C2)C3)cc1. The molecule has 0 aromatic heterocycles. The molecule has 0 unspecified atom stereocenters. The van der Waals surface area contributed by atoms with Gasteiger partial charge in [0.1, 0.15) is 0 Å². The predicted molar refractivity (Wildman–Crippen MR) is 87.4 cm³/mol. The standard InChI is InChI=1S/C18H25NOS/c1-21-16-4-2-13(3-5-16)11-19-17-7-14-6-15(8-17)10-18(20,9-14)12-17/h2-5,14-15,19-20H,6-12H2,1H3/t14-,15-,17?,18?/m0/s1. The smallest absolute Gasteiger partial charge is 0.0670 e. The first-order chi connectivity index (χ1) is 10.1. The lowest BCUT2D eigenvalue weighted by molar-refractivity contribution is -0.142. The Bertz CT molecular complexity index is 513. The van der Waals surface area contributed by atoms with Gasteiger partial charge in [-0.3, -0.25) is 0 Å². The van der Waals surface area contributed by atoms with E-state index in [0.29, 0.717) is 0 Å². The minimum atomic E-state index is -0.361. The molecule has 0 spiro atoms. The fourth-order valence-corrected chi connectivity index (χ4v) is 5.86. The number of hydrogen-bond acceptors (Lipinski definition) is 3. The lowest BCUT2D eigenvalue weighted by atomic mass is 9.51. The average Bonchev–Trinajstić information content (AvgIpc) is 2.43. The Labute approximate surface area is 131 Å². The molecule has 4 bridgehead atoms. The highest BCUT2D eigenvalue weighted by atomic mass is 32.2. The van der Waals surface area contributed by atoms with Gasteiger partial charge in [0.15, 0.2) is 0 Å². The van der Waals surface area contributed by atoms with Crippen LogP contribution in [0.1, 0.15) is 44.1 Å². The van der Waals surface area contributed by atoms with Gasteiger partial charge in [0.05, 0.1) is 5.60 Å². The maximum atomic E-state index is 10.8. The minimum absolute atomic E-state index is 0.205. The van der Waals surface area contributed by atoms with Crippen LogP contribution in [-0.2, 0) is 6.54 Å². The Balaban J connectivity index is 1.46. The molecule has 0 radical (unpaired) electrons. The van der Waals surface area contributed by atoms with E-state index in [2.05, 4.69) is 35.8 Å². The van der Waals surface area contributed by atoms with Crippen molar-refractivity contribution in [1.29, 1.82) is 0 Å². The fraction of sp³-hybridized carbons (Fsp3) is 0.667. The average molecular weight is 303 g/mol. The number of hydrogen-bond donors (Lipinski definition) is 2. The van der Waals surface area contributed by atoms with Crippen LogP contribution in [0.2, 0.25) is 0 Å². The van der Waals surface area contributed by atoms with Gasteiger partial charge >= 0.3 is 0 Å². The van der Waals surface area contributed by atoms with Gasteiger partial charge in [-0.25, -0.2) is 0 Å². The van der Waals surface area contributed by atoms with E-state index in [4.69, 9.17) is 0 Å². The van der Waals surface area contributed by atoms with Gasteiger partial charge in [0.2, 0.25) is 0 Å². The molecule has 2 nitrogen and oxygen atoms in total. The third-order valence-electron chi connectivity index (χ3n) is 5.86. The molecule has 4 aliphatic rings. The molecule has 21 heavy (non-hydrogen) atoms. The molecule has 3 heteroatoms. The molecule has 0 heterocycles. The Morgan fingerprint density at radius 3 is 2.38 bits per heavy atom. The van der Waals surface area contributed by atoms with Gasteiger partial charge in [0.25, 0.3) is 0 Å². The van der Waals surface area contributed by atoms with Crippen molar-refractivity contribution in [2.24, 2.45) is 11.8 Å². The zero-order chi connectivity index (χ0) is 14.5. The summed E-state index contributed by atoms with van der Waals surface area (Å²) in [7, 11) is 0. The molecule has 1 aromatic carbocycles. The van der Waals surface area contributed by atoms with Crippen LogP contribution in [0.3, 0.4) is 0 Å². The third-order valence-corrected chi connectivity index (χ3v) is 6.60. The van der Waals surface area contributed by atoms with Crippen LogP contribution in [0.25, 0.3) is 0 Å². The maximum absolute atomic E-state index is 10.8. The van der Waals surface area contributed by atoms with Crippen LogP contribution < -0.4 is 5.32 Å². The molecule has 1 aromatic rings. The molecule has 2 N–H and O–H groups in total. The lowest BCUT2D eigenvalue weighted by Gasteiger charge is -2.60. The molecule has 4 aliphatic carbocycles. The van der Waals surface area contributed by atoms with E-state index in [9.17, 15) is 5.11 Å². The summed E-state index contributed by atoms with van der Waals surface area (Å²) < 4.78 is 0. The Kier molecular flexibility index (Phi) is 3.36. The van der Waals surface area contributed by atoms with Crippen LogP contribution in [0.15, 0.2) is 29.2 Å². The van der Waals surface area contributed by atoms with E-state index < -0.39 is 0 Å². The summed E-state index contributed by atoms with van der Waals surface area (Å²) in [6.45, 7) is 0.935. The van der Waals surface area contributed by atoms with Gasteiger partial charge in [-0.1, -0.05) is 12.1 Å². The van der Waals surface area contributed by atoms with Crippen LogP contribution >= 0.6 is 11.8 Å². The second-order valence-electron chi connectivity index (χ2n) is 7.67. The van der Waals surface area contributed by atoms with Crippen molar-refractivity contribution in [2.75, 3.05) is 6.26 Å². The molecule has 4 saturated carbocycles. The largest absolute Gasteiger partial charge is 0.390 e. The van der Waals surface area contributed by atoms with Crippen molar-refractivity contribution in [1.82, 2.24) is 5.32 Å². The number of rotatable bonds is 4. The van der Waals surface area contributed by atoms with E-state index in [0.717, 1.165) is 37.6 Å². The molecule has 0 amide bonds. The van der Waals surface area contributed by atoms with E-state index in [-0.39, 0.29) is 11.1 Å². The first kappa shape index (κ1) is 14.1. The van der Waals surface area contributed by atoms with Gasteiger partial charge < -0.3 is 10.4 Å². The van der Waals surface area contributed by atoms with Crippen LogP contribution in [0, 0.1) is 11.8 Å². The van der Waals surface area contributed by atoms with Gasteiger partial charge in [0, 0.05) is 17.0 Å². The lowest BCUT2D eigenvalue weighted by Crippen LogP contribution is -2.64. The Hall–Kier alpha value is -0.510. The first-order valence-electron chi connectivity index (χ1n) is 8.19. The fourth-order valence-electron chi connectivity index (χ4n) is 5.45. The molecular weight excluding hydrogens is 278 g/mol. The molecular formula is C18H25NOS. The number of nitrogens with one attached hydrogen (secondary N) is 1. The van der Waals surface area contributed by atoms with Crippen molar-refractivity contribution < 1.29 is 5.11 Å². The van der Waals surface area contributed by atoms with Gasteiger partial charge in [-0.2, -0.15) is 0 Å². The van der Waals surface area contributed by atoms with E-state index in [1.807, 2.05) is 0 Å². The summed E-state index contributed by atoms with van der Waals surface area (Å²) in [6.07, 6.45) is 9.08. The van der Waals surface area contributed by atoms with Crippen molar-refractivity contribution >= 4 is 11.8 Å². The Morgan fingerprint density at radius 2 is 1.81 bits per heavy atom. The second kappa shape index (κ2) is 5.00. The predicted octanol–water partition coefficient (Wildman–Crippen LogP) is 3.58. The summed E-state index contributed by atoms with van der Waals surface area (Å²) in [4.78, 5) is 1.32. The molecule has 2 atom stereocenters. The monoisotopic (exact) mass is 303 g/mol. The Morgan fingerprint density at radius 1 is 1.14 bits per heavy atom. The van der Waals surface area contributed by atoms with Crippen molar-refractivity contribution in [2.45, 2.75) is 61.1 Å². The topological polar surface area (TPSA) is 32.3 Å². The zero-order valence-corrected chi connectivity index (χ0v) is 13.6. The van der Waals surface area contributed by atoms with Crippen molar-refractivity contribution in [3.05, 3.63) is 29.8 Å². The molecule has 0 saturated heterocycles. The number of benzene rings is 1. The summed E-state index contributed by atoms with van der Waals surface area (Å²) in [5.41, 5.74) is 1.20. The normalized spacial score (nSPS) is 40.7. The quantitative estimate of drug-likeness (QED) is 0.834. The highest BCUT2D eigenvalue weighted by molar-refractivity contribution is 7.98. The summed E-state index contributed by atoms with van der Waals surface area (Å²) in [5, 5.41) is 14.6. The summed E-state index contributed by atoms with van der Waals surface area (Å²) in [5.74, 6) is 1.50. The molecule has 114 valence electrons. The van der Waals surface area contributed by atoms with Crippen LogP contribution in [0.4, 0.5) is 0 Å².